The van der Waals surface area contributed by atoms with Gasteiger partial charge in [-0.3, -0.25) is 4.79 Å². The number of amides is 1. The molecule has 1 atom stereocenters. The van der Waals surface area contributed by atoms with Gasteiger partial charge >= 0.3 is 0 Å². The van der Waals surface area contributed by atoms with E-state index in [2.05, 4.69) is 22.8 Å². The highest BCUT2D eigenvalue weighted by molar-refractivity contribution is 5.99. The van der Waals surface area contributed by atoms with Gasteiger partial charge in [0.05, 0.1) is 6.42 Å². The van der Waals surface area contributed by atoms with Gasteiger partial charge in [-0.15, -0.1) is 0 Å². The Labute approximate surface area is 95.2 Å². The first-order chi connectivity index (χ1) is 7.83. The molecule has 84 valence electrons. The Kier molecular flexibility index (Phi) is 2.40. The first-order valence-corrected chi connectivity index (χ1v) is 5.99. The molecule has 3 rings (SSSR count). The minimum atomic E-state index is 0.115. The fourth-order valence-electron chi connectivity index (χ4n) is 2.60. The monoisotopic (exact) mass is 216 g/mol. The van der Waals surface area contributed by atoms with E-state index in [4.69, 9.17) is 0 Å². The van der Waals surface area contributed by atoms with Crippen LogP contribution in [0.2, 0.25) is 0 Å². The third kappa shape index (κ3) is 1.71. The van der Waals surface area contributed by atoms with Gasteiger partial charge in [0.25, 0.3) is 0 Å². The molecule has 1 amide bonds. The minimum absolute atomic E-state index is 0.115. The molecule has 3 heteroatoms. The molecule has 1 saturated heterocycles. The zero-order valence-electron chi connectivity index (χ0n) is 9.25. The molecule has 0 aromatic heterocycles. The van der Waals surface area contributed by atoms with Gasteiger partial charge in [0.2, 0.25) is 5.91 Å². The van der Waals surface area contributed by atoms with Gasteiger partial charge in [0.1, 0.15) is 0 Å². The van der Waals surface area contributed by atoms with Crippen molar-refractivity contribution in [2.24, 2.45) is 0 Å². The molecule has 2 aliphatic rings. The second-order valence-corrected chi connectivity index (χ2v) is 4.64. The van der Waals surface area contributed by atoms with Crippen LogP contribution in [-0.2, 0) is 11.2 Å². The van der Waals surface area contributed by atoms with Gasteiger partial charge in [-0.2, -0.15) is 0 Å². The number of anilines is 1. The summed E-state index contributed by atoms with van der Waals surface area (Å²) < 4.78 is 0. The zero-order chi connectivity index (χ0) is 11.0. The van der Waals surface area contributed by atoms with E-state index < -0.39 is 0 Å². The van der Waals surface area contributed by atoms with Crippen LogP contribution in [0.1, 0.15) is 36.4 Å². The van der Waals surface area contributed by atoms with E-state index >= 15 is 0 Å². The van der Waals surface area contributed by atoms with Gasteiger partial charge < -0.3 is 10.6 Å². The van der Waals surface area contributed by atoms with Crippen molar-refractivity contribution in [3.8, 4) is 0 Å². The van der Waals surface area contributed by atoms with Crippen LogP contribution in [0.25, 0.3) is 0 Å². The van der Waals surface area contributed by atoms with Crippen LogP contribution in [-0.4, -0.2) is 12.5 Å². The summed E-state index contributed by atoms with van der Waals surface area (Å²) in [5.41, 5.74) is 3.47. The lowest BCUT2D eigenvalue weighted by Crippen LogP contribution is -2.26. The number of rotatable bonds is 1. The number of piperidine rings is 1. The summed E-state index contributed by atoms with van der Waals surface area (Å²) >= 11 is 0. The number of benzene rings is 1. The maximum absolute atomic E-state index is 11.3. The molecule has 0 radical (unpaired) electrons. The third-order valence-corrected chi connectivity index (χ3v) is 3.47. The molecule has 0 saturated carbocycles. The van der Waals surface area contributed by atoms with Crippen molar-refractivity contribution in [2.75, 3.05) is 11.9 Å². The summed E-state index contributed by atoms with van der Waals surface area (Å²) in [4.78, 5) is 11.3. The van der Waals surface area contributed by atoms with E-state index in [9.17, 15) is 4.79 Å². The Morgan fingerprint density at radius 3 is 3.00 bits per heavy atom. The number of hydrogen-bond acceptors (Lipinski definition) is 2. The van der Waals surface area contributed by atoms with E-state index in [1.54, 1.807) is 0 Å². The SMILES string of the molecule is O=C1Cc2cc(C3CCCCN3)ccc2N1. The topological polar surface area (TPSA) is 41.1 Å². The Morgan fingerprint density at radius 1 is 1.25 bits per heavy atom. The maximum Gasteiger partial charge on any atom is 0.228 e. The fourth-order valence-corrected chi connectivity index (χ4v) is 2.60. The molecule has 0 bridgehead atoms. The lowest BCUT2D eigenvalue weighted by atomic mass is 9.95. The molecule has 2 heterocycles. The summed E-state index contributed by atoms with van der Waals surface area (Å²) in [7, 11) is 0. The predicted molar refractivity (Wildman–Crippen MR) is 63.4 cm³/mol. The summed E-state index contributed by atoms with van der Waals surface area (Å²) in [6.07, 6.45) is 4.32. The average Bonchev–Trinajstić information content (AvgIpc) is 2.69. The molecular weight excluding hydrogens is 200 g/mol. The Hall–Kier alpha value is -1.35. The molecule has 1 aromatic rings. The highest BCUT2D eigenvalue weighted by atomic mass is 16.1. The number of fused-ring (bicyclic) bond motifs is 1. The normalized spacial score (nSPS) is 24.0. The Balaban J connectivity index is 1.86. The van der Waals surface area contributed by atoms with Gasteiger partial charge in [-0.25, -0.2) is 0 Å². The molecule has 16 heavy (non-hydrogen) atoms. The van der Waals surface area contributed by atoms with Crippen LogP contribution < -0.4 is 10.6 Å². The van der Waals surface area contributed by atoms with E-state index in [1.165, 1.54) is 24.8 Å². The third-order valence-electron chi connectivity index (χ3n) is 3.47. The van der Waals surface area contributed by atoms with Gasteiger partial charge in [-0.1, -0.05) is 18.6 Å². The number of carbonyl (C=O) groups excluding carboxylic acids is 1. The summed E-state index contributed by atoms with van der Waals surface area (Å²) in [5.74, 6) is 0.115. The highest BCUT2D eigenvalue weighted by Crippen LogP contribution is 2.29. The van der Waals surface area contributed by atoms with Crippen LogP contribution in [0.4, 0.5) is 5.69 Å². The fraction of sp³-hybridized carbons (Fsp3) is 0.462. The Morgan fingerprint density at radius 2 is 2.19 bits per heavy atom. The van der Waals surface area contributed by atoms with Gasteiger partial charge in [0, 0.05) is 11.7 Å². The van der Waals surface area contributed by atoms with E-state index in [0.717, 1.165) is 17.8 Å². The zero-order valence-corrected chi connectivity index (χ0v) is 9.25. The van der Waals surface area contributed by atoms with Crippen LogP contribution in [0, 0.1) is 0 Å². The molecule has 0 aliphatic carbocycles. The second-order valence-electron chi connectivity index (χ2n) is 4.64. The van der Waals surface area contributed by atoms with Crippen LogP contribution >= 0.6 is 0 Å². The van der Waals surface area contributed by atoms with Crippen LogP contribution in [0.3, 0.4) is 0 Å². The summed E-state index contributed by atoms with van der Waals surface area (Å²) in [6.45, 7) is 1.11. The first-order valence-electron chi connectivity index (χ1n) is 5.99. The van der Waals surface area contributed by atoms with Gasteiger partial charge in [0.15, 0.2) is 0 Å². The van der Waals surface area contributed by atoms with Crippen molar-refractivity contribution in [1.82, 2.24) is 5.32 Å². The number of nitrogens with one attached hydrogen (secondary N) is 2. The van der Waals surface area contributed by atoms with Crippen molar-refractivity contribution in [1.29, 1.82) is 0 Å². The molecular formula is C13H16N2O. The largest absolute Gasteiger partial charge is 0.326 e. The molecule has 2 N–H and O–H groups in total. The van der Waals surface area contributed by atoms with E-state index in [0.29, 0.717) is 12.5 Å². The van der Waals surface area contributed by atoms with Crippen LogP contribution in [0.5, 0.6) is 0 Å². The van der Waals surface area contributed by atoms with Crippen molar-refractivity contribution in [2.45, 2.75) is 31.7 Å². The lowest BCUT2D eigenvalue weighted by molar-refractivity contribution is -0.115. The Bertz CT molecular complexity index is 422. The standard InChI is InChI=1S/C13H16N2O/c16-13-8-10-7-9(4-5-12(10)15-13)11-3-1-2-6-14-11/h4-5,7,11,14H,1-3,6,8H2,(H,15,16). The number of hydrogen-bond donors (Lipinski definition) is 2. The molecule has 1 unspecified atom stereocenters. The molecule has 1 fully saturated rings. The maximum atomic E-state index is 11.3. The molecule has 3 nitrogen and oxygen atoms in total. The smallest absolute Gasteiger partial charge is 0.228 e. The summed E-state index contributed by atoms with van der Waals surface area (Å²) in [6, 6.07) is 6.82. The predicted octanol–water partition coefficient (Wildman–Crippen LogP) is 2.00. The number of carbonyl (C=O) groups is 1. The van der Waals surface area contributed by atoms with Crippen molar-refractivity contribution in [3.05, 3.63) is 29.3 Å². The van der Waals surface area contributed by atoms with Crippen molar-refractivity contribution < 1.29 is 4.79 Å². The van der Waals surface area contributed by atoms with E-state index in [1.807, 2.05) is 6.07 Å². The van der Waals surface area contributed by atoms with E-state index in [-0.39, 0.29) is 5.91 Å². The van der Waals surface area contributed by atoms with Crippen molar-refractivity contribution >= 4 is 11.6 Å². The lowest BCUT2D eigenvalue weighted by Gasteiger charge is -2.24. The first kappa shape index (κ1) is 9.85. The minimum Gasteiger partial charge on any atom is -0.326 e. The second kappa shape index (κ2) is 3.91. The van der Waals surface area contributed by atoms with Crippen molar-refractivity contribution in [3.63, 3.8) is 0 Å². The molecule has 1 aromatic carbocycles. The summed E-state index contributed by atoms with van der Waals surface area (Å²) in [5, 5.41) is 6.40. The highest BCUT2D eigenvalue weighted by Gasteiger charge is 2.20. The average molecular weight is 216 g/mol. The van der Waals surface area contributed by atoms with Crippen LogP contribution in [0.15, 0.2) is 18.2 Å². The molecule has 2 aliphatic heterocycles. The molecule has 0 spiro atoms. The van der Waals surface area contributed by atoms with Gasteiger partial charge in [-0.05, 0) is 36.6 Å². The quantitative estimate of drug-likeness (QED) is 0.753.